The number of hydrogen-bond donors (Lipinski definition) is 3. The zero-order chi connectivity index (χ0) is 10.3. The fourth-order valence-electron chi connectivity index (χ4n) is 1.34. The van der Waals surface area contributed by atoms with Gasteiger partial charge in [0, 0.05) is 5.69 Å². The molecule has 14 heavy (non-hydrogen) atoms. The number of aromatic carboxylic acids is 1. The zero-order valence-corrected chi connectivity index (χ0v) is 7.29. The van der Waals surface area contributed by atoms with E-state index >= 15 is 0 Å². The number of nitrogens with one attached hydrogen (secondary N) is 2. The van der Waals surface area contributed by atoms with Gasteiger partial charge in [-0.25, -0.2) is 9.78 Å². The largest absolute Gasteiger partial charge is 0.478 e. The second-order valence-corrected chi connectivity index (χ2v) is 2.92. The van der Waals surface area contributed by atoms with Gasteiger partial charge in [0.2, 0.25) is 0 Å². The molecule has 2 heterocycles. The summed E-state index contributed by atoms with van der Waals surface area (Å²) in [6.07, 6.45) is 0. The van der Waals surface area contributed by atoms with Crippen LogP contribution in [0.3, 0.4) is 0 Å². The van der Waals surface area contributed by atoms with Gasteiger partial charge in [-0.1, -0.05) is 0 Å². The van der Waals surface area contributed by atoms with Crippen LogP contribution in [0.2, 0.25) is 0 Å². The standard InChI is InChI=1S/C8H7N3O3/c1-3-2-4(8(13)14)5-6(9-3)10-11-7(5)12/h2H,1H3,(H,13,14)(H2,9,10,11,12). The minimum Gasteiger partial charge on any atom is -0.478 e. The van der Waals surface area contributed by atoms with Gasteiger partial charge >= 0.3 is 5.97 Å². The molecule has 0 amide bonds. The third-order valence-electron chi connectivity index (χ3n) is 1.90. The summed E-state index contributed by atoms with van der Waals surface area (Å²) in [7, 11) is 0. The smallest absolute Gasteiger partial charge is 0.336 e. The van der Waals surface area contributed by atoms with Crippen LogP contribution < -0.4 is 5.56 Å². The molecule has 72 valence electrons. The number of H-pyrrole nitrogens is 2. The van der Waals surface area contributed by atoms with Crippen molar-refractivity contribution in [2.75, 3.05) is 0 Å². The summed E-state index contributed by atoms with van der Waals surface area (Å²) in [5.74, 6) is -1.13. The van der Waals surface area contributed by atoms with E-state index in [2.05, 4.69) is 15.2 Å². The van der Waals surface area contributed by atoms with Crippen LogP contribution in [0.5, 0.6) is 0 Å². The van der Waals surface area contributed by atoms with Crippen LogP contribution in [0, 0.1) is 6.92 Å². The van der Waals surface area contributed by atoms with Gasteiger partial charge in [-0.15, -0.1) is 0 Å². The maximum absolute atomic E-state index is 11.2. The Balaban J connectivity index is 2.98. The lowest BCUT2D eigenvalue weighted by Crippen LogP contribution is -2.06. The molecular formula is C8H7N3O3. The third kappa shape index (κ3) is 1.08. The molecule has 0 unspecified atom stereocenters. The lowest BCUT2D eigenvalue weighted by Gasteiger charge is -1.96. The van der Waals surface area contributed by atoms with E-state index in [4.69, 9.17) is 5.11 Å². The molecule has 0 saturated heterocycles. The Bertz CT molecular complexity index is 567. The summed E-state index contributed by atoms with van der Waals surface area (Å²) in [5.41, 5.74) is 0.317. The molecule has 2 rings (SSSR count). The molecular weight excluding hydrogens is 186 g/mol. The Kier molecular flexibility index (Phi) is 1.63. The van der Waals surface area contributed by atoms with Crippen LogP contribution in [-0.4, -0.2) is 26.3 Å². The van der Waals surface area contributed by atoms with E-state index in [9.17, 15) is 9.59 Å². The number of pyridine rings is 1. The average molecular weight is 193 g/mol. The fraction of sp³-hybridized carbons (Fsp3) is 0.125. The predicted molar refractivity (Wildman–Crippen MR) is 48.4 cm³/mol. The van der Waals surface area contributed by atoms with E-state index in [1.165, 1.54) is 6.07 Å². The first-order valence-corrected chi connectivity index (χ1v) is 3.91. The molecule has 0 spiro atoms. The topological polar surface area (TPSA) is 98.8 Å². The van der Waals surface area contributed by atoms with Gasteiger partial charge in [0.25, 0.3) is 5.56 Å². The summed E-state index contributed by atoms with van der Waals surface area (Å²) in [4.78, 5) is 26.0. The fourth-order valence-corrected chi connectivity index (χ4v) is 1.34. The number of aryl methyl sites for hydroxylation is 1. The van der Waals surface area contributed by atoms with Gasteiger partial charge in [-0.2, -0.15) is 0 Å². The van der Waals surface area contributed by atoms with Crippen LogP contribution in [0.1, 0.15) is 16.1 Å². The van der Waals surface area contributed by atoms with Crippen molar-refractivity contribution in [1.29, 1.82) is 0 Å². The van der Waals surface area contributed by atoms with E-state index in [0.717, 1.165) is 0 Å². The molecule has 0 saturated carbocycles. The zero-order valence-electron chi connectivity index (χ0n) is 7.29. The highest BCUT2D eigenvalue weighted by Crippen LogP contribution is 2.12. The number of hydrogen-bond acceptors (Lipinski definition) is 3. The first kappa shape index (κ1) is 8.49. The number of carbonyl (C=O) groups is 1. The van der Waals surface area contributed by atoms with Gasteiger partial charge in [-0.3, -0.25) is 15.0 Å². The molecule has 0 bridgehead atoms. The highest BCUT2D eigenvalue weighted by molar-refractivity contribution is 6.01. The number of carboxylic acid groups (broad SMARTS) is 1. The third-order valence-corrected chi connectivity index (χ3v) is 1.90. The number of aromatic amines is 2. The highest BCUT2D eigenvalue weighted by atomic mass is 16.4. The predicted octanol–water partition coefficient (Wildman–Crippen LogP) is 0.258. The summed E-state index contributed by atoms with van der Waals surface area (Å²) in [6, 6.07) is 1.37. The van der Waals surface area contributed by atoms with Crippen molar-refractivity contribution in [3.8, 4) is 0 Å². The van der Waals surface area contributed by atoms with Crippen LogP contribution in [0.25, 0.3) is 11.0 Å². The Morgan fingerprint density at radius 2 is 2.21 bits per heavy atom. The minimum absolute atomic E-state index is 0.0324. The van der Waals surface area contributed by atoms with Crippen LogP contribution in [0.15, 0.2) is 10.9 Å². The quantitative estimate of drug-likeness (QED) is 0.604. The summed E-state index contributed by atoms with van der Waals surface area (Å²) in [5, 5.41) is 13.7. The molecule has 0 aliphatic rings. The van der Waals surface area contributed by atoms with E-state index in [1.54, 1.807) is 6.92 Å². The SMILES string of the molecule is Cc1cc(C(=O)O)c2c(=O)[nH][nH]c2n1. The van der Waals surface area contributed by atoms with Crippen LogP contribution in [0.4, 0.5) is 0 Å². The summed E-state index contributed by atoms with van der Waals surface area (Å²) in [6.45, 7) is 1.66. The number of nitrogens with zero attached hydrogens (tertiary/aromatic N) is 1. The van der Waals surface area contributed by atoms with Crippen molar-refractivity contribution in [3.05, 3.63) is 27.7 Å². The maximum Gasteiger partial charge on any atom is 0.336 e. The van der Waals surface area contributed by atoms with Gasteiger partial charge in [0.05, 0.1) is 10.9 Å². The number of rotatable bonds is 1. The first-order valence-electron chi connectivity index (χ1n) is 3.91. The summed E-state index contributed by atoms with van der Waals surface area (Å²) < 4.78 is 0. The van der Waals surface area contributed by atoms with E-state index in [-0.39, 0.29) is 16.6 Å². The number of aromatic nitrogens is 3. The second-order valence-electron chi connectivity index (χ2n) is 2.92. The molecule has 0 fully saturated rings. The monoisotopic (exact) mass is 193 g/mol. The molecule has 0 aromatic carbocycles. The molecule has 6 heteroatoms. The van der Waals surface area contributed by atoms with Crippen LogP contribution in [-0.2, 0) is 0 Å². The molecule has 0 radical (unpaired) electrons. The van der Waals surface area contributed by atoms with Crippen molar-refractivity contribution in [2.45, 2.75) is 6.92 Å². The highest BCUT2D eigenvalue weighted by Gasteiger charge is 2.14. The van der Waals surface area contributed by atoms with E-state index in [0.29, 0.717) is 5.69 Å². The number of fused-ring (bicyclic) bond motifs is 1. The van der Waals surface area contributed by atoms with Gasteiger partial charge < -0.3 is 5.11 Å². The molecule has 0 aliphatic carbocycles. The first-order chi connectivity index (χ1) is 6.59. The maximum atomic E-state index is 11.2. The van der Waals surface area contributed by atoms with Crippen LogP contribution >= 0.6 is 0 Å². The lowest BCUT2D eigenvalue weighted by atomic mass is 10.1. The van der Waals surface area contributed by atoms with E-state index < -0.39 is 11.5 Å². The molecule has 2 aromatic rings. The van der Waals surface area contributed by atoms with Gasteiger partial charge in [0.15, 0.2) is 5.65 Å². The number of carboxylic acids is 1. The molecule has 3 N–H and O–H groups in total. The van der Waals surface area contributed by atoms with Crippen molar-refractivity contribution < 1.29 is 9.90 Å². The van der Waals surface area contributed by atoms with Crippen molar-refractivity contribution in [1.82, 2.24) is 15.2 Å². The summed E-state index contributed by atoms with van der Waals surface area (Å²) >= 11 is 0. The minimum atomic E-state index is -1.13. The Labute approximate surface area is 77.6 Å². The molecule has 6 nitrogen and oxygen atoms in total. The lowest BCUT2D eigenvalue weighted by molar-refractivity contribution is 0.0699. The molecule has 0 atom stereocenters. The van der Waals surface area contributed by atoms with Crippen molar-refractivity contribution >= 4 is 17.0 Å². The van der Waals surface area contributed by atoms with Gasteiger partial charge in [-0.05, 0) is 13.0 Å². The normalized spacial score (nSPS) is 10.6. The molecule has 2 aromatic heterocycles. The molecule has 0 aliphatic heterocycles. The van der Waals surface area contributed by atoms with E-state index in [1.807, 2.05) is 0 Å². The Morgan fingerprint density at radius 1 is 1.50 bits per heavy atom. The van der Waals surface area contributed by atoms with Crippen molar-refractivity contribution in [2.24, 2.45) is 0 Å². The Morgan fingerprint density at radius 3 is 2.86 bits per heavy atom. The Hall–Kier alpha value is -2.11. The second kappa shape index (κ2) is 2.69. The average Bonchev–Trinajstić information content (AvgIpc) is 2.46. The van der Waals surface area contributed by atoms with Crippen molar-refractivity contribution in [3.63, 3.8) is 0 Å². The van der Waals surface area contributed by atoms with Gasteiger partial charge in [0.1, 0.15) is 0 Å².